The first kappa shape index (κ1) is 15.0. The number of carbonyl (C=O) groups excluding carboxylic acids is 1. The number of hydrogen-bond acceptors (Lipinski definition) is 7. The average Bonchev–Trinajstić information content (AvgIpc) is 3.24. The van der Waals surface area contributed by atoms with E-state index in [1.807, 2.05) is 17.9 Å². The highest BCUT2D eigenvalue weighted by Crippen LogP contribution is 2.37. The van der Waals surface area contributed by atoms with Gasteiger partial charge in [0, 0.05) is 13.2 Å². The number of aryl methyl sites for hydroxylation is 1. The maximum Gasteiger partial charge on any atom is 0.309 e. The smallest absolute Gasteiger partial charge is 0.309 e. The van der Waals surface area contributed by atoms with Crippen LogP contribution in [0.5, 0.6) is 0 Å². The molecule has 0 aromatic carbocycles. The molecule has 1 fully saturated rings. The normalized spacial score (nSPS) is 14.5. The summed E-state index contributed by atoms with van der Waals surface area (Å²) >= 11 is 1.24. The molecule has 0 bridgehead atoms. The third-order valence-corrected chi connectivity index (χ3v) is 5.06. The Bertz CT molecular complexity index is 849. The number of nitrogens with zero attached hydrogens (tertiary/aromatic N) is 5. The predicted octanol–water partition coefficient (Wildman–Crippen LogP) is 2.12. The van der Waals surface area contributed by atoms with Crippen molar-refractivity contribution in [1.29, 1.82) is 0 Å². The average molecular weight is 344 g/mol. The molecule has 0 saturated heterocycles. The molecule has 3 aromatic heterocycles. The third-order valence-electron chi connectivity index (χ3n) is 4.32. The van der Waals surface area contributed by atoms with Gasteiger partial charge in [-0.2, -0.15) is 5.10 Å². The zero-order valence-electron chi connectivity index (χ0n) is 13.1. The number of hydrogen-bond donors (Lipinski definition) is 1. The van der Waals surface area contributed by atoms with Crippen molar-refractivity contribution in [3.63, 3.8) is 0 Å². The van der Waals surface area contributed by atoms with Crippen molar-refractivity contribution in [3.8, 4) is 10.8 Å². The highest BCUT2D eigenvalue weighted by molar-refractivity contribution is 7.09. The van der Waals surface area contributed by atoms with E-state index in [1.165, 1.54) is 36.4 Å². The van der Waals surface area contributed by atoms with Crippen molar-refractivity contribution in [3.05, 3.63) is 35.6 Å². The molecule has 1 saturated carbocycles. The fourth-order valence-corrected chi connectivity index (χ4v) is 3.25. The molecule has 4 rings (SSSR count). The second-order valence-electron chi connectivity index (χ2n) is 5.77. The lowest BCUT2D eigenvalue weighted by atomic mass is 9.80. The second kappa shape index (κ2) is 6.16. The first-order chi connectivity index (χ1) is 11.7. The van der Waals surface area contributed by atoms with Crippen LogP contribution in [0.2, 0.25) is 0 Å². The molecule has 1 amide bonds. The van der Waals surface area contributed by atoms with Gasteiger partial charge in [0.1, 0.15) is 4.88 Å². The Morgan fingerprint density at radius 2 is 2.33 bits per heavy atom. The first-order valence-electron chi connectivity index (χ1n) is 7.76. The molecule has 3 heterocycles. The van der Waals surface area contributed by atoms with Crippen molar-refractivity contribution in [2.24, 2.45) is 7.05 Å². The van der Waals surface area contributed by atoms with Crippen molar-refractivity contribution in [2.75, 3.05) is 0 Å². The third kappa shape index (κ3) is 2.71. The summed E-state index contributed by atoms with van der Waals surface area (Å²) in [7, 11) is 1.89. The molecule has 0 aliphatic heterocycles. The van der Waals surface area contributed by atoms with E-state index in [2.05, 4.69) is 25.0 Å². The summed E-state index contributed by atoms with van der Waals surface area (Å²) in [6.45, 7) is 0.388. The minimum atomic E-state index is -0.390. The van der Waals surface area contributed by atoms with Gasteiger partial charge in [0.05, 0.1) is 18.4 Å². The van der Waals surface area contributed by atoms with Crippen LogP contribution in [0, 0.1) is 0 Å². The van der Waals surface area contributed by atoms with Crippen LogP contribution >= 0.6 is 11.5 Å². The lowest BCUT2D eigenvalue weighted by Crippen LogP contribution is -2.25. The quantitative estimate of drug-likeness (QED) is 0.761. The second-order valence-corrected chi connectivity index (χ2v) is 6.60. The van der Waals surface area contributed by atoms with E-state index in [4.69, 9.17) is 4.42 Å². The highest BCUT2D eigenvalue weighted by Gasteiger charge is 2.25. The van der Waals surface area contributed by atoms with Gasteiger partial charge in [0.2, 0.25) is 0 Å². The lowest BCUT2D eigenvalue weighted by molar-refractivity contribution is 0.0915. The van der Waals surface area contributed by atoms with E-state index in [0.29, 0.717) is 18.4 Å². The number of rotatable bonds is 5. The van der Waals surface area contributed by atoms with Gasteiger partial charge in [-0.25, -0.2) is 4.37 Å². The Kier molecular flexibility index (Phi) is 3.85. The van der Waals surface area contributed by atoms with Gasteiger partial charge in [-0.15, -0.1) is 10.2 Å². The number of nitrogens with one attached hydrogen (secondary N) is 1. The van der Waals surface area contributed by atoms with Crippen molar-refractivity contribution in [1.82, 2.24) is 29.7 Å². The zero-order valence-corrected chi connectivity index (χ0v) is 13.9. The minimum Gasteiger partial charge on any atom is -0.411 e. The van der Waals surface area contributed by atoms with E-state index in [0.717, 1.165) is 10.6 Å². The fourth-order valence-electron chi connectivity index (χ4n) is 2.74. The van der Waals surface area contributed by atoms with E-state index in [-0.39, 0.29) is 11.8 Å². The van der Waals surface area contributed by atoms with Gasteiger partial charge in [0.25, 0.3) is 5.89 Å². The summed E-state index contributed by atoms with van der Waals surface area (Å²) in [5.74, 6) is 0.426. The Morgan fingerprint density at radius 3 is 3.04 bits per heavy atom. The van der Waals surface area contributed by atoms with Crippen LogP contribution in [0.1, 0.15) is 47.1 Å². The van der Waals surface area contributed by atoms with E-state index >= 15 is 0 Å². The Hall–Kier alpha value is -2.55. The van der Waals surface area contributed by atoms with Crippen molar-refractivity contribution < 1.29 is 9.21 Å². The molecule has 9 heteroatoms. The molecule has 124 valence electrons. The number of amides is 1. The molecule has 3 aromatic rings. The van der Waals surface area contributed by atoms with Crippen molar-refractivity contribution >= 4 is 17.4 Å². The van der Waals surface area contributed by atoms with Crippen LogP contribution in [0.3, 0.4) is 0 Å². The molecular weight excluding hydrogens is 328 g/mol. The number of aromatic nitrogens is 5. The Balaban J connectivity index is 1.45. The summed E-state index contributed by atoms with van der Waals surface area (Å²) in [5, 5.41) is 14.8. The zero-order chi connectivity index (χ0) is 16.5. The Labute approximate surface area is 142 Å². The minimum absolute atomic E-state index is 0.0502. The van der Waals surface area contributed by atoms with Gasteiger partial charge in [0.15, 0.2) is 0 Å². The Morgan fingerprint density at radius 1 is 1.46 bits per heavy atom. The lowest BCUT2D eigenvalue weighted by Gasteiger charge is -2.25. The van der Waals surface area contributed by atoms with Crippen LogP contribution in [0.15, 0.2) is 22.9 Å². The van der Waals surface area contributed by atoms with E-state index < -0.39 is 0 Å². The van der Waals surface area contributed by atoms with Crippen LogP contribution in [0.4, 0.5) is 0 Å². The fraction of sp³-hybridized carbons (Fsp3) is 0.400. The maximum atomic E-state index is 12.2. The summed E-state index contributed by atoms with van der Waals surface area (Å²) in [6, 6.07) is 1.76. The summed E-state index contributed by atoms with van der Waals surface area (Å²) in [4.78, 5) is 13.0. The van der Waals surface area contributed by atoms with E-state index in [1.54, 1.807) is 12.3 Å². The number of carbonyl (C=O) groups is 1. The molecular formula is C15H16N6O2S. The van der Waals surface area contributed by atoms with Gasteiger partial charge in [-0.3, -0.25) is 9.48 Å². The van der Waals surface area contributed by atoms with Gasteiger partial charge in [-0.05, 0) is 41.9 Å². The van der Waals surface area contributed by atoms with Crippen LogP contribution in [-0.4, -0.2) is 30.3 Å². The van der Waals surface area contributed by atoms with Crippen LogP contribution < -0.4 is 5.32 Å². The maximum absolute atomic E-state index is 12.2. The summed E-state index contributed by atoms with van der Waals surface area (Å²) < 4.78 is 11.2. The molecule has 0 unspecified atom stereocenters. The molecule has 1 aliphatic rings. The monoisotopic (exact) mass is 344 g/mol. The molecule has 0 spiro atoms. The SMILES string of the molecule is Cn1ncc(C2CCC2)c1CNC(=O)c1nnc(-c2ccns2)o1. The predicted molar refractivity (Wildman–Crippen MR) is 86.4 cm³/mol. The molecule has 0 radical (unpaired) electrons. The summed E-state index contributed by atoms with van der Waals surface area (Å²) in [5.41, 5.74) is 2.25. The molecule has 24 heavy (non-hydrogen) atoms. The van der Waals surface area contributed by atoms with E-state index in [9.17, 15) is 4.79 Å². The van der Waals surface area contributed by atoms with Crippen molar-refractivity contribution in [2.45, 2.75) is 31.7 Å². The molecule has 1 aliphatic carbocycles. The van der Waals surface area contributed by atoms with Gasteiger partial charge in [-0.1, -0.05) is 6.42 Å². The highest BCUT2D eigenvalue weighted by atomic mass is 32.1. The largest absolute Gasteiger partial charge is 0.411 e. The van der Waals surface area contributed by atoms with Crippen LogP contribution in [0.25, 0.3) is 10.8 Å². The molecule has 8 nitrogen and oxygen atoms in total. The van der Waals surface area contributed by atoms with Crippen LogP contribution in [-0.2, 0) is 13.6 Å². The first-order valence-corrected chi connectivity index (χ1v) is 8.53. The summed E-state index contributed by atoms with van der Waals surface area (Å²) in [6.07, 6.45) is 7.19. The topological polar surface area (TPSA) is 98.7 Å². The van der Waals surface area contributed by atoms with Gasteiger partial charge >= 0.3 is 11.8 Å². The molecule has 1 N–H and O–H groups in total. The molecule has 0 atom stereocenters. The standard InChI is InChI=1S/C15H16N6O2S/c1-21-11(10(7-17-21)9-3-2-4-9)8-16-13(22)15-20-19-14(23-15)12-5-6-18-24-12/h5-7,9H,2-4,8H2,1H3,(H,16,22). The van der Waals surface area contributed by atoms with Gasteiger partial charge < -0.3 is 9.73 Å².